The number of ketones is 1. The zero-order valence-corrected chi connectivity index (χ0v) is 12.1. The summed E-state index contributed by atoms with van der Waals surface area (Å²) < 4.78 is 5.49. The van der Waals surface area contributed by atoms with Gasteiger partial charge in [0, 0.05) is 24.3 Å². The molecule has 0 atom stereocenters. The third-order valence-electron chi connectivity index (χ3n) is 4.00. The van der Waals surface area contributed by atoms with E-state index in [-0.39, 0.29) is 0 Å². The summed E-state index contributed by atoms with van der Waals surface area (Å²) in [6, 6.07) is 8.55. The average Bonchev–Trinajstić information content (AvgIpc) is 2.48. The highest BCUT2D eigenvalue weighted by Crippen LogP contribution is 2.28. The van der Waals surface area contributed by atoms with Crippen LogP contribution in [-0.2, 0) is 9.53 Å². The molecule has 0 spiro atoms. The quantitative estimate of drug-likeness (QED) is 0.510. The lowest BCUT2D eigenvalue weighted by Crippen LogP contribution is -2.86. The molecular weight excluding hydrogens is 254 g/mol. The van der Waals surface area contributed by atoms with Gasteiger partial charge in [-0.2, -0.15) is 0 Å². The molecule has 108 valence electrons. The highest BCUT2D eigenvalue weighted by molar-refractivity contribution is 6.40. The number of rotatable bonds is 4. The van der Waals surface area contributed by atoms with Crippen LogP contribution in [0.25, 0.3) is 0 Å². The second-order valence-electron chi connectivity index (χ2n) is 5.83. The molecule has 0 bridgehead atoms. The Bertz CT molecular complexity index is 476. The number of quaternary nitrogens is 1. The topological polar surface area (TPSA) is 60.0 Å². The van der Waals surface area contributed by atoms with Gasteiger partial charge in [0.05, 0.1) is 13.1 Å². The maximum Gasteiger partial charge on any atom is 0.380 e. The zero-order chi connectivity index (χ0) is 14.6. The van der Waals surface area contributed by atoms with Crippen molar-refractivity contribution >= 4 is 11.8 Å². The molecule has 0 saturated carbocycles. The first-order valence-electron chi connectivity index (χ1n) is 7.15. The molecule has 1 heterocycles. The molecule has 1 aliphatic rings. The number of hydrogen-bond donors (Lipinski definition) is 1. The van der Waals surface area contributed by atoms with E-state index >= 15 is 0 Å². The fourth-order valence-corrected chi connectivity index (χ4v) is 2.70. The van der Waals surface area contributed by atoms with Gasteiger partial charge >= 0.3 is 5.97 Å². The largest absolute Gasteiger partial charge is 0.453 e. The highest BCUT2D eigenvalue weighted by atomic mass is 16.6. The normalized spacial score (nSPS) is 16.7. The number of benzene rings is 1. The maximum absolute atomic E-state index is 12.0. The van der Waals surface area contributed by atoms with E-state index in [2.05, 4.69) is 5.32 Å². The average molecular weight is 276 g/mol. The van der Waals surface area contributed by atoms with Crippen molar-refractivity contribution < 1.29 is 19.6 Å². The van der Waals surface area contributed by atoms with E-state index in [0.29, 0.717) is 11.5 Å². The van der Waals surface area contributed by atoms with E-state index < -0.39 is 17.4 Å². The van der Waals surface area contributed by atoms with Crippen molar-refractivity contribution in [3.05, 3.63) is 35.9 Å². The summed E-state index contributed by atoms with van der Waals surface area (Å²) in [6.45, 7) is 5.91. The maximum atomic E-state index is 12.0. The number of piperidine rings is 1. The Morgan fingerprint density at radius 3 is 2.35 bits per heavy atom. The molecule has 2 rings (SSSR count). The summed E-state index contributed by atoms with van der Waals surface area (Å²) in [4.78, 5) is 24.0. The van der Waals surface area contributed by atoms with E-state index in [4.69, 9.17) is 4.74 Å². The van der Waals surface area contributed by atoms with Crippen molar-refractivity contribution in [1.82, 2.24) is 0 Å². The van der Waals surface area contributed by atoms with Gasteiger partial charge in [-0.3, -0.25) is 4.79 Å². The third-order valence-corrected chi connectivity index (χ3v) is 4.00. The predicted octanol–water partition coefficient (Wildman–Crippen LogP) is 1.16. The molecule has 0 radical (unpaired) electrons. The Morgan fingerprint density at radius 1 is 1.15 bits per heavy atom. The SMILES string of the molecule is CC(C)(OC(=O)C(=O)c1ccccc1)C1CC[NH2+]CC1. The van der Waals surface area contributed by atoms with Crippen LogP contribution in [0.2, 0.25) is 0 Å². The van der Waals surface area contributed by atoms with Crippen LogP contribution >= 0.6 is 0 Å². The number of ether oxygens (including phenoxy) is 1. The smallest absolute Gasteiger partial charge is 0.380 e. The molecule has 1 saturated heterocycles. The Labute approximate surface area is 119 Å². The number of esters is 1. The zero-order valence-electron chi connectivity index (χ0n) is 12.1. The summed E-state index contributed by atoms with van der Waals surface area (Å²) >= 11 is 0. The second kappa shape index (κ2) is 6.18. The molecule has 4 heteroatoms. The van der Waals surface area contributed by atoms with Crippen molar-refractivity contribution in [1.29, 1.82) is 0 Å². The van der Waals surface area contributed by atoms with Crippen LogP contribution in [0.5, 0.6) is 0 Å². The molecule has 20 heavy (non-hydrogen) atoms. The first-order valence-corrected chi connectivity index (χ1v) is 7.15. The molecule has 1 aromatic carbocycles. The van der Waals surface area contributed by atoms with Crippen LogP contribution in [0.3, 0.4) is 0 Å². The van der Waals surface area contributed by atoms with Crippen LogP contribution in [0.15, 0.2) is 30.3 Å². The minimum absolute atomic E-state index is 0.319. The van der Waals surface area contributed by atoms with Crippen molar-refractivity contribution in [2.45, 2.75) is 32.3 Å². The third kappa shape index (κ3) is 3.45. The van der Waals surface area contributed by atoms with Crippen LogP contribution in [0.1, 0.15) is 37.0 Å². The van der Waals surface area contributed by atoms with E-state index in [1.54, 1.807) is 24.3 Å². The number of carbonyl (C=O) groups is 2. The van der Waals surface area contributed by atoms with Gasteiger partial charge in [0.15, 0.2) is 0 Å². The lowest BCUT2D eigenvalue weighted by Gasteiger charge is -2.35. The summed E-state index contributed by atoms with van der Waals surface area (Å²) in [7, 11) is 0. The van der Waals surface area contributed by atoms with Crippen molar-refractivity contribution in [3.63, 3.8) is 0 Å². The van der Waals surface area contributed by atoms with E-state index in [9.17, 15) is 9.59 Å². The fourth-order valence-electron chi connectivity index (χ4n) is 2.70. The van der Waals surface area contributed by atoms with Gasteiger partial charge in [0.1, 0.15) is 5.60 Å². The second-order valence-corrected chi connectivity index (χ2v) is 5.83. The van der Waals surface area contributed by atoms with Crippen LogP contribution in [-0.4, -0.2) is 30.4 Å². The lowest BCUT2D eigenvalue weighted by molar-refractivity contribution is -0.665. The minimum atomic E-state index is -0.754. The van der Waals surface area contributed by atoms with Crippen molar-refractivity contribution in [2.75, 3.05) is 13.1 Å². The van der Waals surface area contributed by atoms with Crippen molar-refractivity contribution in [2.24, 2.45) is 5.92 Å². The van der Waals surface area contributed by atoms with Crippen LogP contribution in [0, 0.1) is 5.92 Å². The number of carbonyl (C=O) groups excluding carboxylic acids is 2. The molecule has 0 unspecified atom stereocenters. The molecule has 1 fully saturated rings. The van der Waals surface area contributed by atoms with E-state index in [1.165, 1.54) is 0 Å². The number of nitrogens with two attached hydrogens (primary N) is 1. The molecule has 4 nitrogen and oxygen atoms in total. The van der Waals surface area contributed by atoms with Gasteiger partial charge in [-0.05, 0) is 13.8 Å². The molecule has 1 aliphatic heterocycles. The van der Waals surface area contributed by atoms with Crippen LogP contribution < -0.4 is 5.32 Å². The van der Waals surface area contributed by atoms with Gasteiger partial charge < -0.3 is 10.1 Å². The molecule has 1 aromatic rings. The Morgan fingerprint density at radius 2 is 1.75 bits per heavy atom. The van der Waals surface area contributed by atoms with Gasteiger partial charge in [0.2, 0.25) is 0 Å². The van der Waals surface area contributed by atoms with Crippen molar-refractivity contribution in [3.8, 4) is 0 Å². The lowest BCUT2D eigenvalue weighted by atomic mass is 9.83. The highest BCUT2D eigenvalue weighted by Gasteiger charge is 2.36. The summed E-state index contributed by atoms with van der Waals surface area (Å²) in [5, 5.41) is 2.27. The Hall–Kier alpha value is -1.68. The van der Waals surface area contributed by atoms with Gasteiger partial charge in [0.25, 0.3) is 5.78 Å². The summed E-state index contributed by atoms with van der Waals surface area (Å²) in [6.07, 6.45) is 2.03. The first kappa shape index (κ1) is 14.7. The molecule has 0 aromatic heterocycles. The van der Waals surface area contributed by atoms with E-state index in [0.717, 1.165) is 25.9 Å². The van der Waals surface area contributed by atoms with Gasteiger partial charge in [-0.15, -0.1) is 0 Å². The molecule has 2 N–H and O–H groups in total. The summed E-state index contributed by atoms with van der Waals surface area (Å²) in [5.74, 6) is -1.00. The molecule has 0 aliphatic carbocycles. The van der Waals surface area contributed by atoms with Gasteiger partial charge in [-0.25, -0.2) is 4.79 Å². The molecular formula is C16H22NO3+. The fraction of sp³-hybridized carbons (Fsp3) is 0.500. The van der Waals surface area contributed by atoms with E-state index in [1.807, 2.05) is 19.9 Å². The number of Topliss-reactive ketones (excluding diaryl/α,β-unsaturated/α-hetero) is 1. The number of hydrogen-bond acceptors (Lipinski definition) is 3. The van der Waals surface area contributed by atoms with Crippen LogP contribution in [0.4, 0.5) is 0 Å². The molecule has 0 amide bonds. The monoisotopic (exact) mass is 276 g/mol. The predicted molar refractivity (Wildman–Crippen MR) is 75.3 cm³/mol. The Kier molecular flexibility index (Phi) is 4.55. The summed E-state index contributed by atoms with van der Waals surface area (Å²) in [5.41, 5.74) is -0.208. The standard InChI is InChI=1S/C16H21NO3/c1-16(2,13-8-10-17-11-9-13)20-15(19)14(18)12-6-4-3-5-7-12/h3-7,13,17H,8-11H2,1-2H3/p+1. The Balaban J connectivity index is 2.01. The minimum Gasteiger partial charge on any atom is -0.453 e. The van der Waals surface area contributed by atoms with Gasteiger partial charge in [-0.1, -0.05) is 30.3 Å². The first-order chi connectivity index (χ1) is 9.50.